The number of methoxy groups -OCH3 is 3. The lowest BCUT2D eigenvalue weighted by Crippen LogP contribution is -2.66. The SMILES string of the molecule is COC(=O)/C(=C/c1ccc(OC)c(OC)c1)O[Si](c1ccccc1)(c1ccccc1)C(C)(C)C. The summed E-state index contributed by atoms with van der Waals surface area (Å²) in [6, 6.07) is 25.7. The number of benzene rings is 3. The average molecular weight is 477 g/mol. The van der Waals surface area contributed by atoms with Gasteiger partial charge in [0.25, 0.3) is 0 Å². The molecular weight excluding hydrogens is 444 g/mol. The molecule has 0 aromatic heterocycles. The molecule has 178 valence electrons. The molecule has 3 aromatic carbocycles. The van der Waals surface area contributed by atoms with Crippen molar-refractivity contribution in [3.8, 4) is 11.5 Å². The number of ether oxygens (including phenoxy) is 3. The second-order valence-corrected chi connectivity index (χ2v) is 13.1. The van der Waals surface area contributed by atoms with Crippen LogP contribution in [0.15, 0.2) is 84.6 Å². The van der Waals surface area contributed by atoms with Gasteiger partial charge in [-0.25, -0.2) is 4.79 Å². The smallest absolute Gasteiger partial charge is 0.371 e. The number of hydrogen-bond acceptors (Lipinski definition) is 5. The molecule has 3 aromatic rings. The van der Waals surface area contributed by atoms with Gasteiger partial charge in [0.1, 0.15) is 0 Å². The minimum absolute atomic E-state index is 0.143. The van der Waals surface area contributed by atoms with Crippen LogP contribution in [0.25, 0.3) is 6.08 Å². The molecule has 0 N–H and O–H groups in total. The maximum absolute atomic E-state index is 13.0. The Balaban J connectivity index is 2.25. The standard InChI is InChI=1S/C28H32O5Si/c1-28(2,3)34(22-13-9-7-10-14-22,23-15-11-8-12-16-23)33-26(27(29)32-6)20-21-17-18-24(30-4)25(19-21)31-5/h7-20H,1-6H3/b26-20-. The zero-order valence-corrected chi connectivity index (χ0v) is 21.6. The van der Waals surface area contributed by atoms with E-state index in [0.29, 0.717) is 11.5 Å². The topological polar surface area (TPSA) is 54.0 Å². The van der Waals surface area contributed by atoms with Crippen molar-refractivity contribution in [2.75, 3.05) is 21.3 Å². The Morgan fingerprint density at radius 3 is 1.74 bits per heavy atom. The number of carbonyl (C=O) groups excluding carboxylic acids is 1. The summed E-state index contributed by atoms with van der Waals surface area (Å²) in [5.41, 5.74) is 0.732. The largest absolute Gasteiger partial charge is 0.529 e. The second kappa shape index (κ2) is 10.6. The molecule has 0 unspecified atom stereocenters. The summed E-state index contributed by atoms with van der Waals surface area (Å²) in [6.45, 7) is 6.47. The highest BCUT2D eigenvalue weighted by molar-refractivity contribution is 6.99. The lowest BCUT2D eigenvalue weighted by Gasteiger charge is -2.43. The van der Waals surface area contributed by atoms with E-state index in [2.05, 4.69) is 45.0 Å². The van der Waals surface area contributed by atoms with Gasteiger partial charge in [0.2, 0.25) is 0 Å². The number of rotatable bonds is 8. The minimum Gasteiger partial charge on any atom is -0.529 e. The van der Waals surface area contributed by atoms with Crippen LogP contribution in [0.2, 0.25) is 5.04 Å². The highest BCUT2D eigenvalue weighted by atomic mass is 28.4. The Morgan fingerprint density at radius 2 is 1.29 bits per heavy atom. The molecule has 0 aliphatic rings. The van der Waals surface area contributed by atoms with Crippen LogP contribution in [-0.2, 0) is 14.0 Å². The second-order valence-electron chi connectivity index (χ2n) is 8.88. The summed E-state index contributed by atoms with van der Waals surface area (Å²) < 4.78 is 22.8. The fourth-order valence-electron chi connectivity index (χ4n) is 4.14. The molecule has 0 saturated carbocycles. The van der Waals surface area contributed by atoms with Crippen LogP contribution in [0.1, 0.15) is 26.3 Å². The minimum atomic E-state index is -3.01. The van der Waals surface area contributed by atoms with Gasteiger partial charge in [-0.15, -0.1) is 0 Å². The van der Waals surface area contributed by atoms with Gasteiger partial charge in [0.15, 0.2) is 17.3 Å². The molecule has 5 nitrogen and oxygen atoms in total. The molecule has 0 heterocycles. The Bertz CT molecular complexity index is 1090. The monoisotopic (exact) mass is 476 g/mol. The van der Waals surface area contributed by atoms with Crippen molar-refractivity contribution in [3.05, 3.63) is 90.2 Å². The third-order valence-electron chi connectivity index (χ3n) is 5.77. The van der Waals surface area contributed by atoms with Gasteiger partial charge < -0.3 is 18.6 Å². The average Bonchev–Trinajstić information content (AvgIpc) is 2.86. The fourth-order valence-corrected chi connectivity index (χ4v) is 8.54. The van der Waals surface area contributed by atoms with Gasteiger partial charge in [0.05, 0.1) is 21.3 Å². The molecule has 0 aliphatic heterocycles. The van der Waals surface area contributed by atoms with Gasteiger partial charge in [0, 0.05) is 0 Å². The molecule has 0 saturated heterocycles. The third-order valence-corrected chi connectivity index (χ3v) is 10.7. The molecule has 34 heavy (non-hydrogen) atoms. The molecule has 0 radical (unpaired) electrons. The Kier molecular flexibility index (Phi) is 7.84. The van der Waals surface area contributed by atoms with Crippen LogP contribution in [-0.4, -0.2) is 35.6 Å². The van der Waals surface area contributed by atoms with E-state index in [4.69, 9.17) is 18.6 Å². The number of hydrogen-bond donors (Lipinski definition) is 0. The van der Waals surface area contributed by atoms with Crippen molar-refractivity contribution in [2.24, 2.45) is 0 Å². The van der Waals surface area contributed by atoms with E-state index < -0.39 is 14.3 Å². The zero-order chi connectivity index (χ0) is 24.8. The van der Waals surface area contributed by atoms with Crippen LogP contribution in [0.3, 0.4) is 0 Å². The van der Waals surface area contributed by atoms with E-state index in [-0.39, 0.29) is 10.8 Å². The first-order valence-electron chi connectivity index (χ1n) is 11.1. The summed E-state index contributed by atoms with van der Waals surface area (Å²) in [6.07, 6.45) is 1.70. The molecule has 0 atom stereocenters. The van der Waals surface area contributed by atoms with E-state index in [1.807, 2.05) is 42.5 Å². The predicted molar refractivity (Wildman–Crippen MR) is 138 cm³/mol. The zero-order valence-electron chi connectivity index (χ0n) is 20.6. The Labute approximate surface area is 203 Å². The summed E-state index contributed by atoms with van der Waals surface area (Å²) in [4.78, 5) is 13.0. The molecule has 0 bridgehead atoms. The first-order chi connectivity index (χ1) is 16.3. The van der Waals surface area contributed by atoms with Gasteiger partial charge in [-0.3, -0.25) is 0 Å². The van der Waals surface area contributed by atoms with E-state index in [9.17, 15) is 4.79 Å². The van der Waals surface area contributed by atoms with Crippen molar-refractivity contribution >= 4 is 30.7 Å². The molecule has 0 spiro atoms. The number of esters is 1. The first kappa shape index (κ1) is 25.1. The maximum Gasteiger partial charge on any atom is 0.371 e. The van der Waals surface area contributed by atoms with Gasteiger partial charge >= 0.3 is 14.3 Å². The molecule has 0 fully saturated rings. The molecule has 6 heteroatoms. The molecule has 3 rings (SSSR count). The van der Waals surface area contributed by atoms with Crippen molar-refractivity contribution in [1.82, 2.24) is 0 Å². The van der Waals surface area contributed by atoms with Crippen molar-refractivity contribution in [3.63, 3.8) is 0 Å². The van der Waals surface area contributed by atoms with Crippen molar-refractivity contribution < 1.29 is 23.4 Å². The van der Waals surface area contributed by atoms with Crippen LogP contribution in [0.4, 0.5) is 0 Å². The van der Waals surface area contributed by atoms with Crippen molar-refractivity contribution in [1.29, 1.82) is 0 Å². The molecular formula is C28H32O5Si. The van der Waals surface area contributed by atoms with E-state index in [0.717, 1.165) is 15.9 Å². The van der Waals surface area contributed by atoms with Gasteiger partial charge in [-0.05, 0) is 39.2 Å². The van der Waals surface area contributed by atoms with Crippen LogP contribution >= 0.6 is 0 Å². The molecule has 0 amide bonds. The lowest BCUT2D eigenvalue weighted by molar-refractivity contribution is -0.138. The first-order valence-corrected chi connectivity index (χ1v) is 13.0. The molecule has 0 aliphatic carbocycles. The summed E-state index contributed by atoms with van der Waals surface area (Å²) in [5.74, 6) is 0.768. The van der Waals surface area contributed by atoms with Crippen LogP contribution in [0.5, 0.6) is 11.5 Å². The third kappa shape index (κ3) is 5.02. The van der Waals surface area contributed by atoms with Crippen molar-refractivity contribution in [2.45, 2.75) is 25.8 Å². The highest BCUT2D eigenvalue weighted by Crippen LogP contribution is 2.38. The van der Waals surface area contributed by atoms with E-state index >= 15 is 0 Å². The van der Waals surface area contributed by atoms with Gasteiger partial charge in [-0.1, -0.05) is 87.5 Å². The van der Waals surface area contributed by atoms with E-state index in [1.165, 1.54) is 7.11 Å². The van der Waals surface area contributed by atoms with E-state index in [1.54, 1.807) is 32.4 Å². The maximum atomic E-state index is 13.0. The summed E-state index contributed by atoms with van der Waals surface area (Å²) >= 11 is 0. The predicted octanol–water partition coefficient (Wildman–Crippen LogP) is 4.79. The van der Waals surface area contributed by atoms with Crippen LogP contribution in [0, 0.1) is 0 Å². The summed E-state index contributed by atoms with van der Waals surface area (Å²) in [5, 5.41) is 1.83. The summed E-state index contributed by atoms with van der Waals surface area (Å²) in [7, 11) is 1.51. The fraction of sp³-hybridized carbons (Fsp3) is 0.250. The Hall–Kier alpha value is -3.51. The normalized spacial score (nSPS) is 12.1. The quantitative estimate of drug-likeness (QED) is 0.202. The van der Waals surface area contributed by atoms with Gasteiger partial charge in [-0.2, -0.15) is 0 Å². The highest BCUT2D eigenvalue weighted by Gasteiger charge is 2.53. The number of carbonyl (C=O) groups is 1. The lowest BCUT2D eigenvalue weighted by atomic mass is 10.2. The Morgan fingerprint density at radius 1 is 0.765 bits per heavy atom. The van der Waals surface area contributed by atoms with Crippen LogP contribution < -0.4 is 19.8 Å².